The van der Waals surface area contributed by atoms with Gasteiger partial charge in [0.05, 0.1) is 0 Å². The average molecular weight is 861 g/mol. The fourth-order valence-electron chi connectivity index (χ4n) is 6.54. The molecule has 0 rings (SSSR count). The summed E-state index contributed by atoms with van der Waals surface area (Å²) in [5.74, 6) is -1.01. The van der Waals surface area contributed by atoms with E-state index in [1.807, 2.05) is 0 Å². The number of carbonyl (C=O) groups excluding carboxylic acids is 3. The number of rotatable bonds is 44. The SMILES string of the molecule is CC/C=C\C/C=C\C/C=C\C/C=C\C/C=C\CCCC(=O)OC[C@@H](COC(=O)CCCCCCCCCCCCCC)OC(=O)CCCC/C=C\C/C=C\C/C=C\CCCCC. The zero-order valence-electron chi connectivity index (χ0n) is 40.1. The molecule has 0 saturated carbocycles. The average Bonchev–Trinajstić information content (AvgIpc) is 3.27. The molecule has 0 bridgehead atoms. The van der Waals surface area contributed by atoms with Crippen LogP contribution in [0.1, 0.15) is 220 Å². The molecule has 0 unspecified atom stereocenters. The Morgan fingerprint density at radius 3 is 1.08 bits per heavy atom. The van der Waals surface area contributed by atoms with Gasteiger partial charge in [-0.15, -0.1) is 0 Å². The predicted molar refractivity (Wildman–Crippen MR) is 265 cm³/mol. The van der Waals surface area contributed by atoms with Crippen LogP contribution in [0.5, 0.6) is 0 Å². The first kappa shape index (κ1) is 58.3. The molecule has 0 aromatic heterocycles. The van der Waals surface area contributed by atoms with Crippen LogP contribution in [0.15, 0.2) is 97.2 Å². The third-order valence-electron chi connectivity index (χ3n) is 10.3. The topological polar surface area (TPSA) is 78.9 Å². The number of carbonyl (C=O) groups is 3. The molecule has 6 nitrogen and oxygen atoms in total. The number of unbranched alkanes of at least 4 members (excludes halogenated alkanes) is 17. The van der Waals surface area contributed by atoms with Crippen LogP contribution in [0.25, 0.3) is 0 Å². The molecule has 1 atom stereocenters. The first-order valence-electron chi connectivity index (χ1n) is 25.2. The second-order valence-electron chi connectivity index (χ2n) is 16.3. The Morgan fingerprint density at radius 2 is 0.645 bits per heavy atom. The van der Waals surface area contributed by atoms with Crippen LogP contribution in [0.3, 0.4) is 0 Å². The summed E-state index contributed by atoms with van der Waals surface area (Å²) < 4.78 is 16.7. The number of allylic oxidation sites excluding steroid dienone is 16. The summed E-state index contributed by atoms with van der Waals surface area (Å²) in [6.07, 6.45) is 65.4. The van der Waals surface area contributed by atoms with Crippen molar-refractivity contribution in [3.63, 3.8) is 0 Å². The Labute approximate surface area is 381 Å². The molecule has 352 valence electrons. The summed E-state index contributed by atoms with van der Waals surface area (Å²) in [5.41, 5.74) is 0. The van der Waals surface area contributed by atoms with Gasteiger partial charge in [0.1, 0.15) is 13.2 Å². The van der Waals surface area contributed by atoms with Crippen LogP contribution in [0, 0.1) is 0 Å². The van der Waals surface area contributed by atoms with Gasteiger partial charge in [0.25, 0.3) is 0 Å². The number of hydrogen-bond donors (Lipinski definition) is 0. The van der Waals surface area contributed by atoms with Crippen molar-refractivity contribution < 1.29 is 28.6 Å². The summed E-state index contributed by atoms with van der Waals surface area (Å²) in [6, 6.07) is 0. The lowest BCUT2D eigenvalue weighted by Crippen LogP contribution is -2.30. The monoisotopic (exact) mass is 861 g/mol. The van der Waals surface area contributed by atoms with Gasteiger partial charge < -0.3 is 14.2 Å². The minimum atomic E-state index is -0.818. The van der Waals surface area contributed by atoms with Gasteiger partial charge in [-0.2, -0.15) is 0 Å². The second kappa shape index (κ2) is 50.0. The van der Waals surface area contributed by atoms with E-state index in [9.17, 15) is 14.4 Å². The van der Waals surface area contributed by atoms with Gasteiger partial charge in [-0.25, -0.2) is 0 Å². The molecule has 0 aromatic carbocycles. The highest BCUT2D eigenvalue weighted by Gasteiger charge is 2.19. The van der Waals surface area contributed by atoms with Crippen molar-refractivity contribution in [2.45, 2.75) is 226 Å². The molecule has 0 N–H and O–H groups in total. The Balaban J connectivity index is 4.55. The number of hydrogen-bond acceptors (Lipinski definition) is 6. The summed E-state index contributed by atoms with van der Waals surface area (Å²) in [6.45, 7) is 6.40. The third-order valence-corrected chi connectivity index (χ3v) is 10.3. The third kappa shape index (κ3) is 47.4. The zero-order valence-corrected chi connectivity index (χ0v) is 40.1. The molecule has 0 spiro atoms. The summed E-state index contributed by atoms with van der Waals surface area (Å²) in [7, 11) is 0. The quantitative estimate of drug-likeness (QED) is 0.0263. The van der Waals surface area contributed by atoms with Crippen molar-refractivity contribution in [1.82, 2.24) is 0 Å². The van der Waals surface area contributed by atoms with E-state index in [1.54, 1.807) is 0 Å². The molecule has 0 saturated heterocycles. The van der Waals surface area contributed by atoms with E-state index >= 15 is 0 Å². The largest absolute Gasteiger partial charge is 0.462 e. The van der Waals surface area contributed by atoms with Crippen LogP contribution >= 0.6 is 0 Å². The van der Waals surface area contributed by atoms with E-state index in [1.165, 1.54) is 83.5 Å². The first-order valence-corrected chi connectivity index (χ1v) is 25.2. The van der Waals surface area contributed by atoms with E-state index in [2.05, 4.69) is 118 Å². The van der Waals surface area contributed by atoms with Crippen molar-refractivity contribution >= 4 is 17.9 Å². The molecule has 0 heterocycles. The number of esters is 3. The van der Waals surface area contributed by atoms with Crippen molar-refractivity contribution in [2.24, 2.45) is 0 Å². The van der Waals surface area contributed by atoms with Gasteiger partial charge in [-0.05, 0) is 96.3 Å². The fourth-order valence-corrected chi connectivity index (χ4v) is 6.54. The molecule has 0 aliphatic heterocycles. The summed E-state index contributed by atoms with van der Waals surface area (Å²) >= 11 is 0. The van der Waals surface area contributed by atoms with Crippen molar-refractivity contribution in [2.75, 3.05) is 13.2 Å². The fraction of sp³-hybridized carbons (Fsp3) is 0.661. The lowest BCUT2D eigenvalue weighted by Gasteiger charge is -2.18. The van der Waals surface area contributed by atoms with Gasteiger partial charge in [0.2, 0.25) is 0 Å². The molecule has 0 aliphatic carbocycles. The van der Waals surface area contributed by atoms with Crippen LogP contribution in [0.4, 0.5) is 0 Å². The highest BCUT2D eigenvalue weighted by Crippen LogP contribution is 2.14. The Bertz CT molecular complexity index is 1260. The lowest BCUT2D eigenvalue weighted by atomic mass is 10.0. The molecule has 62 heavy (non-hydrogen) atoms. The maximum atomic E-state index is 12.8. The van der Waals surface area contributed by atoms with Crippen molar-refractivity contribution in [3.05, 3.63) is 97.2 Å². The van der Waals surface area contributed by atoms with E-state index in [-0.39, 0.29) is 44.0 Å². The first-order chi connectivity index (χ1) is 30.5. The summed E-state index contributed by atoms with van der Waals surface area (Å²) in [4.78, 5) is 37.9. The van der Waals surface area contributed by atoms with Gasteiger partial charge in [0.15, 0.2) is 6.10 Å². The Morgan fingerprint density at radius 1 is 0.339 bits per heavy atom. The zero-order chi connectivity index (χ0) is 45.1. The van der Waals surface area contributed by atoms with Crippen LogP contribution < -0.4 is 0 Å². The van der Waals surface area contributed by atoms with Gasteiger partial charge in [-0.1, -0.05) is 201 Å². The molecule has 0 radical (unpaired) electrons. The predicted octanol–water partition coefficient (Wildman–Crippen LogP) is 16.6. The standard InChI is InChI=1S/C56H92O6/c1-4-7-10-13-16-19-22-25-27-28-30-31-34-37-40-43-46-49-55(58)61-52-53(51-60-54(57)48-45-42-39-36-33-24-21-18-15-12-9-6-3)62-56(59)50-47-44-41-38-35-32-29-26-23-20-17-14-11-8-5-2/h7,10,16-17,19-20,25-27,29-31,35,37-38,40,53H,4-6,8-9,11-15,18,21-24,28,32-34,36,39,41-52H2,1-3H3/b10-7-,19-16-,20-17-,27-25-,29-26-,31-30-,38-35-,40-37-/t53-/m1/s1. The van der Waals surface area contributed by atoms with E-state index in [0.29, 0.717) is 19.3 Å². The second-order valence-corrected chi connectivity index (χ2v) is 16.3. The minimum Gasteiger partial charge on any atom is -0.462 e. The van der Waals surface area contributed by atoms with Crippen LogP contribution in [-0.2, 0) is 28.6 Å². The molecule has 0 amide bonds. The maximum absolute atomic E-state index is 12.8. The molecular weight excluding hydrogens is 769 g/mol. The van der Waals surface area contributed by atoms with E-state index in [0.717, 1.165) is 83.5 Å². The molecule has 6 heteroatoms. The van der Waals surface area contributed by atoms with E-state index < -0.39 is 6.10 Å². The smallest absolute Gasteiger partial charge is 0.306 e. The van der Waals surface area contributed by atoms with Crippen molar-refractivity contribution in [3.8, 4) is 0 Å². The maximum Gasteiger partial charge on any atom is 0.306 e. The summed E-state index contributed by atoms with van der Waals surface area (Å²) in [5, 5.41) is 0. The molecule has 0 aromatic rings. The highest BCUT2D eigenvalue weighted by atomic mass is 16.6. The van der Waals surface area contributed by atoms with E-state index in [4.69, 9.17) is 14.2 Å². The Hall–Kier alpha value is -3.67. The van der Waals surface area contributed by atoms with Gasteiger partial charge >= 0.3 is 17.9 Å². The molecular formula is C56H92O6. The normalized spacial score (nSPS) is 12.9. The van der Waals surface area contributed by atoms with Crippen molar-refractivity contribution in [1.29, 1.82) is 0 Å². The minimum absolute atomic E-state index is 0.110. The highest BCUT2D eigenvalue weighted by molar-refractivity contribution is 5.71. The van der Waals surface area contributed by atoms with Crippen LogP contribution in [-0.4, -0.2) is 37.2 Å². The Kier molecular flexibility index (Phi) is 47.0. The van der Waals surface area contributed by atoms with Gasteiger partial charge in [-0.3, -0.25) is 14.4 Å². The molecule has 0 fully saturated rings. The van der Waals surface area contributed by atoms with Gasteiger partial charge in [0, 0.05) is 19.3 Å². The number of ether oxygens (including phenoxy) is 3. The van der Waals surface area contributed by atoms with Crippen LogP contribution in [0.2, 0.25) is 0 Å². The molecule has 0 aliphatic rings. The lowest BCUT2D eigenvalue weighted by molar-refractivity contribution is -0.167.